The molecule has 0 aliphatic rings. The normalized spacial score (nSPS) is 11.1. The van der Waals surface area contributed by atoms with Crippen LogP contribution in [0.25, 0.3) is 0 Å². The number of hydrogen-bond acceptors (Lipinski definition) is 6. The molecule has 0 aliphatic carbocycles. The molecule has 0 saturated carbocycles. The van der Waals surface area contributed by atoms with Crippen LogP contribution in [0.4, 0.5) is 0 Å². The monoisotopic (exact) mass is 254 g/mol. The lowest BCUT2D eigenvalue weighted by atomic mass is 10.2. The molecule has 1 aromatic carbocycles. The zero-order chi connectivity index (χ0) is 14.1. The minimum Gasteiger partial charge on any atom is -0.504 e. The van der Waals surface area contributed by atoms with Gasteiger partial charge in [0.2, 0.25) is 16.9 Å². The van der Waals surface area contributed by atoms with Crippen LogP contribution in [0.2, 0.25) is 0 Å². The predicted molar refractivity (Wildman–Crippen MR) is 62.9 cm³/mol. The fourth-order valence-corrected chi connectivity index (χ4v) is 1.16. The van der Waals surface area contributed by atoms with Crippen LogP contribution >= 0.6 is 0 Å². The standard InChI is InChI=1S/C12H14O6/c1-12(2,3)18-11(17)6-4-7(13)9(15)10(16)8(14)5-6/h4-5H,1-3H3,(H3,13,14,15,16). The van der Waals surface area contributed by atoms with Crippen molar-refractivity contribution in [3.8, 4) is 17.2 Å². The highest BCUT2D eigenvalue weighted by molar-refractivity contribution is 5.90. The van der Waals surface area contributed by atoms with Gasteiger partial charge in [-0.3, -0.25) is 4.79 Å². The maximum absolute atomic E-state index is 11.7. The van der Waals surface area contributed by atoms with Gasteiger partial charge in [0, 0.05) is 6.07 Å². The van der Waals surface area contributed by atoms with Crippen molar-refractivity contribution in [3.63, 3.8) is 0 Å². The largest absolute Gasteiger partial charge is 0.504 e. The summed E-state index contributed by atoms with van der Waals surface area (Å²) in [6, 6.07) is 1.63. The summed E-state index contributed by atoms with van der Waals surface area (Å²) in [5.41, 5.74) is -2.02. The van der Waals surface area contributed by atoms with Crippen LogP contribution in [0, 0.1) is 0 Å². The van der Waals surface area contributed by atoms with Crippen LogP contribution < -0.4 is 5.43 Å². The lowest BCUT2D eigenvalue weighted by molar-refractivity contribution is 0.00692. The van der Waals surface area contributed by atoms with E-state index in [0.29, 0.717) is 0 Å². The fourth-order valence-electron chi connectivity index (χ4n) is 1.16. The van der Waals surface area contributed by atoms with Gasteiger partial charge in [0.1, 0.15) is 5.60 Å². The van der Waals surface area contributed by atoms with Gasteiger partial charge in [0.15, 0.2) is 5.75 Å². The van der Waals surface area contributed by atoms with Crippen LogP contribution in [0.5, 0.6) is 17.2 Å². The summed E-state index contributed by atoms with van der Waals surface area (Å²) in [6.45, 7) is 4.92. The van der Waals surface area contributed by atoms with Crippen LogP contribution in [0.15, 0.2) is 16.9 Å². The third-order valence-corrected chi connectivity index (χ3v) is 1.91. The Morgan fingerprint density at radius 1 is 1.11 bits per heavy atom. The number of aromatic hydroxyl groups is 3. The second kappa shape index (κ2) is 4.56. The van der Waals surface area contributed by atoms with Gasteiger partial charge in [-0.1, -0.05) is 0 Å². The molecule has 3 N–H and O–H groups in total. The van der Waals surface area contributed by atoms with E-state index in [1.54, 1.807) is 20.8 Å². The summed E-state index contributed by atoms with van der Waals surface area (Å²) >= 11 is 0. The molecular weight excluding hydrogens is 240 g/mol. The number of esters is 1. The molecule has 0 atom stereocenters. The fraction of sp³-hybridized carbons (Fsp3) is 0.333. The van der Waals surface area contributed by atoms with E-state index in [9.17, 15) is 24.9 Å². The molecule has 1 aromatic rings. The predicted octanol–water partition coefficient (Wildman–Crippen LogP) is 1.12. The minimum absolute atomic E-state index is 0.261. The van der Waals surface area contributed by atoms with E-state index in [1.165, 1.54) is 0 Å². The topological polar surface area (TPSA) is 104 Å². The molecule has 6 heteroatoms. The Bertz CT molecular complexity index is 541. The second-order valence-electron chi connectivity index (χ2n) is 4.69. The molecule has 98 valence electrons. The van der Waals surface area contributed by atoms with Crippen molar-refractivity contribution >= 4 is 5.97 Å². The van der Waals surface area contributed by atoms with Crippen molar-refractivity contribution in [3.05, 3.63) is 27.9 Å². The smallest absolute Gasteiger partial charge is 0.338 e. The molecule has 0 spiro atoms. The van der Waals surface area contributed by atoms with E-state index < -0.39 is 34.2 Å². The molecule has 0 unspecified atom stereocenters. The lowest BCUT2D eigenvalue weighted by Gasteiger charge is -2.19. The van der Waals surface area contributed by atoms with Gasteiger partial charge in [0.05, 0.1) is 5.56 Å². The Morgan fingerprint density at radius 3 is 2.17 bits per heavy atom. The molecule has 0 saturated heterocycles. The second-order valence-corrected chi connectivity index (χ2v) is 4.69. The molecule has 0 radical (unpaired) electrons. The molecule has 6 nitrogen and oxygen atoms in total. The van der Waals surface area contributed by atoms with Crippen molar-refractivity contribution < 1.29 is 24.9 Å². The van der Waals surface area contributed by atoms with Crippen LogP contribution in [0.3, 0.4) is 0 Å². The van der Waals surface area contributed by atoms with Gasteiger partial charge >= 0.3 is 5.97 Å². The van der Waals surface area contributed by atoms with Crippen molar-refractivity contribution in [2.45, 2.75) is 26.4 Å². The molecular formula is C12H14O6. The molecule has 0 bridgehead atoms. The zero-order valence-electron chi connectivity index (χ0n) is 10.2. The first-order valence-electron chi connectivity index (χ1n) is 5.14. The summed E-state index contributed by atoms with van der Waals surface area (Å²) in [7, 11) is 0. The molecule has 18 heavy (non-hydrogen) atoms. The van der Waals surface area contributed by atoms with E-state index in [4.69, 9.17) is 4.74 Å². The van der Waals surface area contributed by atoms with Gasteiger partial charge < -0.3 is 20.1 Å². The first-order chi connectivity index (χ1) is 8.11. The van der Waals surface area contributed by atoms with E-state index in [2.05, 4.69) is 0 Å². The Labute approximate surface area is 103 Å². The number of carbonyl (C=O) groups is 1. The Hall–Kier alpha value is -2.24. The van der Waals surface area contributed by atoms with E-state index in [0.717, 1.165) is 12.1 Å². The molecule has 0 amide bonds. The lowest BCUT2D eigenvalue weighted by Crippen LogP contribution is -2.24. The quantitative estimate of drug-likeness (QED) is 0.649. The first-order valence-corrected chi connectivity index (χ1v) is 5.14. The highest BCUT2D eigenvalue weighted by Crippen LogP contribution is 2.30. The van der Waals surface area contributed by atoms with E-state index >= 15 is 0 Å². The number of carbonyl (C=O) groups excluding carboxylic acids is 1. The zero-order valence-corrected chi connectivity index (χ0v) is 10.2. The van der Waals surface area contributed by atoms with E-state index in [1.807, 2.05) is 0 Å². The maximum Gasteiger partial charge on any atom is 0.338 e. The SMILES string of the molecule is CC(C)(C)OC(=O)c1cc(O)c(O)c(O)c(=O)c1. The van der Waals surface area contributed by atoms with Gasteiger partial charge in [-0.25, -0.2) is 4.79 Å². The van der Waals surface area contributed by atoms with Crippen molar-refractivity contribution in [1.29, 1.82) is 0 Å². The Kier molecular flexibility index (Phi) is 3.50. The summed E-state index contributed by atoms with van der Waals surface area (Å²) in [4.78, 5) is 23.0. The number of rotatable bonds is 1. The van der Waals surface area contributed by atoms with Crippen molar-refractivity contribution in [2.75, 3.05) is 0 Å². The van der Waals surface area contributed by atoms with Crippen molar-refractivity contribution in [2.24, 2.45) is 0 Å². The average Bonchev–Trinajstić information content (AvgIpc) is 2.30. The van der Waals surface area contributed by atoms with Crippen LogP contribution in [-0.2, 0) is 4.74 Å². The molecule has 1 rings (SSSR count). The molecule has 0 heterocycles. The van der Waals surface area contributed by atoms with Crippen LogP contribution in [-0.4, -0.2) is 26.9 Å². The van der Waals surface area contributed by atoms with E-state index in [-0.39, 0.29) is 5.56 Å². The average molecular weight is 254 g/mol. The minimum atomic E-state index is -1.03. The third kappa shape index (κ3) is 3.13. The number of hydrogen-bond donors (Lipinski definition) is 3. The summed E-state index contributed by atoms with van der Waals surface area (Å²) in [5, 5.41) is 27.8. The van der Waals surface area contributed by atoms with Gasteiger partial charge in [0.25, 0.3) is 0 Å². The Balaban J connectivity index is 3.33. The summed E-state index contributed by atoms with van der Waals surface area (Å²) in [5.74, 6) is -3.63. The molecule has 0 fully saturated rings. The van der Waals surface area contributed by atoms with Crippen molar-refractivity contribution in [1.82, 2.24) is 0 Å². The summed E-state index contributed by atoms with van der Waals surface area (Å²) in [6.07, 6.45) is 0. The van der Waals surface area contributed by atoms with Gasteiger partial charge in [-0.2, -0.15) is 0 Å². The summed E-state index contributed by atoms with van der Waals surface area (Å²) < 4.78 is 5.00. The number of ether oxygens (including phenoxy) is 1. The molecule has 0 aliphatic heterocycles. The first kappa shape index (κ1) is 13.8. The highest BCUT2D eigenvalue weighted by Gasteiger charge is 2.20. The van der Waals surface area contributed by atoms with Gasteiger partial charge in [-0.15, -0.1) is 0 Å². The Morgan fingerprint density at radius 2 is 1.67 bits per heavy atom. The maximum atomic E-state index is 11.7. The van der Waals surface area contributed by atoms with Gasteiger partial charge in [-0.05, 0) is 26.8 Å². The molecule has 0 aromatic heterocycles. The third-order valence-electron chi connectivity index (χ3n) is 1.91. The highest BCUT2D eigenvalue weighted by atomic mass is 16.6. The van der Waals surface area contributed by atoms with Crippen LogP contribution in [0.1, 0.15) is 31.1 Å².